The zero-order chi connectivity index (χ0) is 14.8. The molecule has 0 radical (unpaired) electrons. The van der Waals surface area contributed by atoms with Crippen LogP contribution in [0.25, 0.3) is 0 Å². The number of aryl methyl sites for hydroxylation is 1. The SMILES string of the molecule is Cc1noc(CCNS(=O)(=O)c2ccc(Br)cc2N)n1. The third-order valence-electron chi connectivity index (χ3n) is 2.46. The summed E-state index contributed by atoms with van der Waals surface area (Å²) in [5.41, 5.74) is 5.88. The summed E-state index contributed by atoms with van der Waals surface area (Å²) < 4.78 is 32.2. The summed E-state index contributed by atoms with van der Waals surface area (Å²) in [6.45, 7) is 1.85. The molecule has 0 saturated heterocycles. The quantitative estimate of drug-likeness (QED) is 0.776. The van der Waals surface area contributed by atoms with Crippen LogP contribution in [0.2, 0.25) is 0 Å². The first-order valence-electron chi connectivity index (χ1n) is 5.72. The molecule has 0 aliphatic rings. The van der Waals surface area contributed by atoms with Crippen molar-refractivity contribution in [3.8, 4) is 0 Å². The second-order valence-electron chi connectivity index (χ2n) is 4.07. The molecule has 7 nitrogen and oxygen atoms in total. The molecule has 0 unspecified atom stereocenters. The van der Waals surface area contributed by atoms with Crippen LogP contribution in [0.3, 0.4) is 0 Å². The van der Waals surface area contributed by atoms with Crippen molar-refractivity contribution >= 4 is 31.6 Å². The van der Waals surface area contributed by atoms with Gasteiger partial charge in [0.05, 0.1) is 5.69 Å². The summed E-state index contributed by atoms with van der Waals surface area (Å²) in [6, 6.07) is 4.60. The number of sulfonamides is 1. The number of aromatic nitrogens is 2. The first-order valence-corrected chi connectivity index (χ1v) is 8.00. The Morgan fingerprint density at radius 2 is 2.20 bits per heavy atom. The minimum atomic E-state index is -3.66. The van der Waals surface area contributed by atoms with Crippen molar-refractivity contribution in [2.45, 2.75) is 18.2 Å². The Bertz CT molecular complexity index is 714. The van der Waals surface area contributed by atoms with Crippen molar-refractivity contribution in [1.29, 1.82) is 0 Å². The van der Waals surface area contributed by atoms with Crippen LogP contribution in [-0.4, -0.2) is 25.1 Å². The molecule has 1 heterocycles. The molecule has 9 heteroatoms. The molecule has 0 bridgehead atoms. The minimum absolute atomic E-state index is 0.0439. The topological polar surface area (TPSA) is 111 Å². The van der Waals surface area contributed by atoms with E-state index in [1.807, 2.05) is 0 Å². The number of anilines is 1. The first kappa shape index (κ1) is 14.9. The molecule has 1 aromatic carbocycles. The maximum absolute atomic E-state index is 12.1. The van der Waals surface area contributed by atoms with Crippen LogP contribution in [0.4, 0.5) is 5.69 Å². The highest BCUT2D eigenvalue weighted by atomic mass is 79.9. The van der Waals surface area contributed by atoms with Crippen LogP contribution in [0.15, 0.2) is 32.1 Å². The van der Waals surface area contributed by atoms with Gasteiger partial charge in [0.15, 0.2) is 5.82 Å². The summed E-state index contributed by atoms with van der Waals surface area (Å²) in [4.78, 5) is 4.03. The lowest BCUT2D eigenvalue weighted by atomic mass is 10.3. The van der Waals surface area contributed by atoms with Gasteiger partial charge in [0.25, 0.3) is 0 Å². The summed E-state index contributed by atoms with van der Waals surface area (Å²) in [6.07, 6.45) is 0.316. The summed E-state index contributed by atoms with van der Waals surface area (Å²) in [5, 5.41) is 3.63. The minimum Gasteiger partial charge on any atom is -0.398 e. The fraction of sp³-hybridized carbons (Fsp3) is 0.273. The van der Waals surface area contributed by atoms with Gasteiger partial charge in [-0.2, -0.15) is 4.98 Å². The van der Waals surface area contributed by atoms with Crippen molar-refractivity contribution in [3.05, 3.63) is 34.4 Å². The number of rotatable bonds is 5. The first-order chi connectivity index (χ1) is 9.38. The second kappa shape index (κ2) is 5.90. The smallest absolute Gasteiger partial charge is 0.242 e. The van der Waals surface area contributed by atoms with Crippen molar-refractivity contribution in [3.63, 3.8) is 0 Å². The Kier molecular flexibility index (Phi) is 4.41. The van der Waals surface area contributed by atoms with E-state index in [2.05, 4.69) is 30.8 Å². The highest BCUT2D eigenvalue weighted by Crippen LogP contribution is 2.22. The molecule has 2 rings (SSSR count). The van der Waals surface area contributed by atoms with Crippen LogP contribution in [0.5, 0.6) is 0 Å². The average Bonchev–Trinajstić information content (AvgIpc) is 2.74. The van der Waals surface area contributed by atoms with Gasteiger partial charge in [-0.05, 0) is 25.1 Å². The number of nitrogens with one attached hydrogen (secondary N) is 1. The van der Waals surface area contributed by atoms with E-state index in [1.54, 1.807) is 13.0 Å². The van der Waals surface area contributed by atoms with Crippen molar-refractivity contribution in [2.24, 2.45) is 0 Å². The number of nitrogens with two attached hydrogens (primary N) is 1. The van der Waals surface area contributed by atoms with Gasteiger partial charge in [-0.15, -0.1) is 0 Å². The molecule has 0 fully saturated rings. The molecular weight excluding hydrogens is 348 g/mol. The molecule has 1 aromatic heterocycles. The number of benzene rings is 1. The monoisotopic (exact) mass is 360 g/mol. The molecule has 0 saturated carbocycles. The van der Waals surface area contributed by atoms with Crippen LogP contribution in [-0.2, 0) is 16.4 Å². The van der Waals surface area contributed by atoms with Crippen molar-refractivity contribution in [2.75, 3.05) is 12.3 Å². The molecule has 2 aromatic rings. The number of halogens is 1. The van der Waals surface area contributed by atoms with E-state index in [4.69, 9.17) is 10.3 Å². The Morgan fingerprint density at radius 3 is 2.80 bits per heavy atom. The van der Waals surface area contributed by atoms with Gasteiger partial charge < -0.3 is 10.3 Å². The largest absolute Gasteiger partial charge is 0.398 e. The van der Waals surface area contributed by atoms with Gasteiger partial charge in [0.2, 0.25) is 15.9 Å². The zero-order valence-electron chi connectivity index (χ0n) is 10.6. The van der Waals surface area contributed by atoms with Crippen LogP contribution in [0.1, 0.15) is 11.7 Å². The van der Waals surface area contributed by atoms with Crippen molar-refractivity contribution < 1.29 is 12.9 Å². The zero-order valence-corrected chi connectivity index (χ0v) is 13.0. The number of hydrogen-bond donors (Lipinski definition) is 2. The molecule has 0 aliphatic heterocycles. The lowest BCUT2D eigenvalue weighted by molar-refractivity contribution is 0.375. The summed E-state index contributed by atoms with van der Waals surface area (Å²) in [7, 11) is -3.66. The number of nitrogen functional groups attached to an aromatic ring is 1. The Hall–Kier alpha value is -1.45. The molecule has 108 valence electrons. The van der Waals surface area contributed by atoms with E-state index < -0.39 is 10.0 Å². The molecule has 3 N–H and O–H groups in total. The summed E-state index contributed by atoms with van der Waals surface area (Å²) >= 11 is 3.23. The molecule has 20 heavy (non-hydrogen) atoms. The van der Waals surface area contributed by atoms with E-state index in [0.29, 0.717) is 18.1 Å². The highest BCUT2D eigenvalue weighted by Gasteiger charge is 2.17. The Labute approximate surface area is 124 Å². The predicted molar refractivity (Wildman–Crippen MR) is 76.5 cm³/mol. The summed E-state index contributed by atoms with van der Waals surface area (Å²) in [5.74, 6) is 0.897. The fourth-order valence-corrected chi connectivity index (χ4v) is 3.10. The Balaban J connectivity index is 2.04. The molecule has 0 atom stereocenters. The average molecular weight is 361 g/mol. The lowest BCUT2D eigenvalue weighted by Crippen LogP contribution is -2.26. The maximum Gasteiger partial charge on any atom is 0.242 e. The van der Waals surface area contributed by atoms with E-state index in [1.165, 1.54) is 12.1 Å². The molecule has 0 spiro atoms. The highest BCUT2D eigenvalue weighted by molar-refractivity contribution is 9.10. The van der Waals surface area contributed by atoms with E-state index >= 15 is 0 Å². The van der Waals surface area contributed by atoms with Gasteiger partial charge in [-0.25, -0.2) is 13.1 Å². The molecule has 0 aliphatic carbocycles. The second-order valence-corrected chi connectivity index (χ2v) is 6.72. The van der Waals surface area contributed by atoms with Gasteiger partial charge in [0, 0.05) is 17.4 Å². The van der Waals surface area contributed by atoms with Crippen LogP contribution < -0.4 is 10.5 Å². The van der Waals surface area contributed by atoms with Gasteiger partial charge in [0.1, 0.15) is 4.90 Å². The number of hydrogen-bond acceptors (Lipinski definition) is 6. The third kappa shape index (κ3) is 3.56. The predicted octanol–water partition coefficient (Wildman–Crippen LogP) is 1.24. The normalized spacial score (nSPS) is 11.7. The third-order valence-corrected chi connectivity index (χ3v) is 4.49. The van der Waals surface area contributed by atoms with E-state index in [9.17, 15) is 8.42 Å². The fourth-order valence-electron chi connectivity index (χ4n) is 1.58. The number of nitrogens with zero attached hydrogens (tertiary/aromatic N) is 2. The van der Waals surface area contributed by atoms with Gasteiger partial charge in [-0.3, -0.25) is 0 Å². The molecule has 0 amide bonds. The van der Waals surface area contributed by atoms with E-state index in [0.717, 1.165) is 4.47 Å². The maximum atomic E-state index is 12.1. The lowest BCUT2D eigenvalue weighted by Gasteiger charge is -2.08. The van der Waals surface area contributed by atoms with Crippen LogP contribution in [0, 0.1) is 6.92 Å². The standard InChI is InChI=1S/C11H13BrN4O3S/c1-7-15-11(19-16-7)4-5-14-20(17,18)10-3-2-8(12)6-9(10)13/h2-3,6,14H,4-5,13H2,1H3. The molecular formula is C11H13BrN4O3S. The van der Waals surface area contributed by atoms with Crippen molar-refractivity contribution in [1.82, 2.24) is 14.9 Å². The van der Waals surface area contributed by atoms with Crippen LogP contribution >= 0.6 is 15.9 Å². The van der Waals surface area contributed by atoms with Gasteiger partial charge >= 0.3 is 0 Å². The van der Waals surface area contributed by atoms with Gasteiger partial charge in [-0.1, -0.05) is 21.1 Å². The Morgan fingerprint density at radius 1 is 1.45 bits per heavy atom. The van der Waals surface area contributed by atoms with E-state index in [-0.39, 0.29) is 17.1 Å².